The number of hydrogen-bond donors (Lipinski definition) is 4. The van der Waals surface area contributed by atoms with Gasteiger partial charge in [-0.25, -0.2) is 9.98 Å². The highest BCUT2D eigenvalue weighted by molar-refractivity contribution is 6.46. The average molecular weight is 362 g/mol. The summed E-state index contributed by atoms with van der Waals surface area (Å²) in [7, 11) is 0. The zero-order valence-electron chi connectivity index (χ0n) is 13.8. The van der Waals surface area contributed by atoms with E-state index in [9.17, 15) is 4.79 Å². The van der Waals surface area contributed by atoms with Crippen LogP contribution in [0.2, 0.25) is 0 Å². The molecule has 132 valence electrons. The number of nitrogens with one attached hydrogen (secondary N) is 1. The van der Waals surface area contributed by atoms with Gasteiger partial charge in [0, 0.05) is 6.54 Å². The molecule has 1 aromatic heterocycles. The molecule has 9 heteroatoms. The zero-order valence-corrected chi connectivity index (χ0v) is 14.5. The molecule has 0 fully saturated rings. The van der Waals surface area contributed by atoms with Gasteiger partial charge in [0.2, 0.25) is 0 Å². The van der Waals surface area contributed by atoms with Crippen LogP contribution in [-0.4, -0.2) is 21.2 Å². The van der Waals surface area contributed by atoms with E-state index in [1.165, 1.54) is 0 Å². The van der Waals surface area contributed by atoms with Gasteiger partial charge in [0.05, 0.1) is 23.3 Å². The van der Waals surface area contributed by atoms with Gasteiger partial charge in [-0.3, -0.25) is 4.79 Å². The first-order chi connectivity index (χ1) is 11.8. The standard InChI is InChI=1S/C16H20ClN7O/c1-3-24-11-7-5-4-6-10(11)22-12(24)8-21-16(25)13(9(2)18)23-14(17)15(19)20/h4-7H,2-3,8,18-20H2,1H3,(H,21,25). The van der Waals surface area contributed by atoms with Crippen LogP contribution in [0.25, 0.3) is 11.0 Å². The number of nitrogens with two attached hydrogens (primary N) is 3. The van der Waals surface area contributed by atoms with Crippen molar-refractivity contribution in [1.29, 1.82) is 0 Å². The molecule has 1 amide bonds. The van der Waals surface area contributed by atoms with E-state index in [1.54, 1.807) is 0 Å². The number of amides is 1. The lowest BCUT2D eigenvalue weighted by Gasteiger charge is -2.09. The Morgan fingerprint density at radius 3 is 2.64 bits per heavy atom. The van der Waals surface area contributed by atoms with Crippen LogP contribution in [0.1, 0.15) is 12.7 Å². The fourth-order valence-electron chi connectivity index (χ4n) is 2.29. The van der Waals surface area contributed by atoms with Crippen molar-refractivity contribution in [2.45, 2.75) is 20.0 Å². The fourth-order valence-corrected chi connectivity index (χ4v) is 2.37. The molecule has 8 nitrogen and oxygen atoms in total. The summed E-state index contributed by atoms with van der Waals surface area (Å²) >= 11 is 5.77. The molecule has 0 aliphatic carbocycles. The van der Waals surface area contributed by atoms with Crippen molar-refractivity contribution >= 4 is 34.3 Å². The number of aromatic nitrogens is 2. The minimum Gasteiger partial charge on any atom is -0.397 e. The molecule has 1 aromatic carbocycles. The number of aliphatic imine (C=N–C) groups is 1. The summed E-state index contributed by atoms with van der Waals surface area (Å²) in [4.78, 5) is 20.7. The van der Waals surface area contributed by atoms with E-state index in [-0.39, 0.29) is 28.9 Å². The number of aryl methyl sites for hydroxylation is 1. The van der Waals surface area contributed by atoms with Crippen molar-refractivity contribution in [3.63, 3.8) is 0 Å². The molecule has 0 spiro atoms. The van der Waals surface area contributed by atoms with Gasteiger partial charge >= 0.3 is 0 Å². The van der Waals surface area contributed by atoms with Crippen molar-refractivity contribution in [3.8, 4) is 0 Å². The van der Waals surface area contributed by atoms with E-state index in [1.807, 2.05) is 35.8 Å². The topological polar surface area (TPSA) is 137 Å². The van der Waals surface area contributed by atoms with E-state index in [4.69, 9.17) is 28.8 Å². The Morgan fingerprint density at radius 1 is 1.36 bits per heavy atom. The van der Waals surface area contributed by atoms with Crippen LogP contribution in [0, 0.1) is 0 Å². The number of halogens is 1. The van der Waals surface area contributed by atoms with Crippen LogP contribution < -0.4 is 22.5 Å². The Labute approximate surface area is 150 Å². The highest BCUT2D eigenvalue weighted by Gasteiger charge is 2.16. The molecule has 2 rings (SSSR count). The highest BCUT2D eigenvalue weighted by Crippen LogP contribution is 2.15. The second-order valence-electron chi connectivity index (χ2n) is 5.18. The van der Waals surface area contributed by atoms with E-state index in [0.29, 0.717) is 12.4 Å². The van der Waals surface area contributed by atoms with E-state index in [2.05, 4.69) is 21.9 Å². The third kappa shape index (κ3) is 4.10. The van der Waals surface area contributed by atoms with E-state index < -0.39 is 5.91 Å². The van der Waals surface area contributed by atoms with Crippen molar-refractivity contribution in [2.75, 3.05) is 0 Å². The lowest BCUT2D eigenvalue weighted by Crippen LogP contribution is -2.34. The van der Waals surface area contributed by atoms with Crippen LogP contribution in [0.5, 0.6) is 0 Å². The van der Waals surface area contributed by atoms with Crippen molar-refractivity contribution < 1.29 is 4.79 Å². The van der Waals surface area contributed by atoms with Crippen LogP contribution in [0.15, 0.2) is 52.5 Å². The van der Waals surface area contributed by atoms with Crippen LogP contribution in [0.3, 0.4) is 0 Å². The van der Waals surface area contributed by atoms with Crippen LogP contribution in [-0.2, 0) is 17.9 Å². The molecule has 0 aliphatic heterocycles. The molecule has 2 aromatic rings. The Bertz CT molecular complexity index is 878. The SMILES string of the molecule is C=C(N)C(=NC(Cl)=C(N)N)C(=O)NCc1nc2ccccc2n1CC. The fraction of sp³-hybridized carbons (Fsp3) is 0.188. The number of fused-ring (bicyclic) bond motifs is 1. The van der Waals surface area contributed by atoms with Gasteiger partial charge in [0.15, 0.2) is 10.9 Å². The summed E-state index contributed by atoms with van der Waals surface area (Å²) in [5.41, 5.74) is 17.9. The van der Waals surface area contributed by atoms with Crippen molar-refractivity contribution in [1.82, 2.24) is 14.9 Å². The smallest absolute Gasteiger partial charge is 0.272 e. The molecule has 0 atom stereocenters. The molecule has 1 heterocycles. The number of hydrogen-bond acceptors (Lipinski definition) is 6. The number of carbonyl (C=O) groups excluding carboxylic acids is 1. The maximum absolute atomic E-state index is 12.3. The monoisotopic (exact) mass is 361 g/mol. The van der Waals surface area contributed by atoms with Crippen molar-refractivity contribution in [2.24, 2.45) is 22.2 Å². The largest absolute Gasteiger partial charge is 0.397 e. The molecule has 0 saturated carbocycles. The van der Waals surface area contributed by atoms with E-state index in [0.717, 1.165) is 11.0 Å². The van der Waals surface area contributed by atoms with Gasteiger partial charge in [-0.05, 0) is 19.1 Å². The normalized spacial score (nSPS) is 11.4. The van der Waals surface area contributed by atoms with E-state index >= 15 is 0 Å². The minimum absolute atomic E-state index is 0.0547. The maximum atomic E-state index is 12.3. The van der Waals surface area contributed by atoms with Gasteiger partial charge in [0.25, 0.3) is 5.91 Å². The number of imidazole rings is 1. The number of benzene rings is 1. The zero-order chi connectivity index (χ0) is 18.6. The lowest BCUT2D eigenvalue weighted by atomic mass is 10.3. The number of nitrogens with zero attached hydrogens (tertiary/aromatic N) is 3. The van der Waals surface area contributed by atoms with Gasteiger partial charge in [0.1, 0.15) is 11.6 Å². The third-order valence-corrected chi connectivity index (χ3v) is 3.73. The average Bonchev–Trinajstić information content (AvgIpc) is 2.94. The van der Waals surface area contributed by atoms with Crippen molar-refractivity contribution in [3.05, 3.63) is 53.3 Å². The molecule has 25 heavy (non-hydrogen) atoms. The molecule has 0 saturated heterocycles. The minimum atomic E-state index is -0.554. The second-order valence-corrected chi connectivity index (χ2v) is 5.53. The number of carbonyl (C=O) groups is 1. The van der Waals surface area contributed by atoms with Gasteiger partial charge in [-0.1, -0.05) is 30.3 Å². The molecule has 0 bridgehead atoms. The molecule has 7 N–H and O–H groups in total. The van der Waals surface area contributed by atoms with Crippen LogP contribution in [0.4, 0.5) is 0 Å². The van der Waals surface area contributed by atoms with Gasteiger partial charge < -0.3 is 27.1 Å². The molecular formula is C16H20ClN7O. The summed E-state index contributed by atoms with van der Waals surface area (Å²) in [6, 6.07) is 7.73. The predicted molar refractivity (Wildman–Crippen MR) is 99.3 cm³/mol. The number of rotatable bonds is 6. The summed E-state index contributed by atoms with van der Waals surface area (Å²) < 4.78 is 2.01. The maximum Gasteiger partial charge on any atom is 0.272 e. The first-order valence-electron chi connectivity index (χ1n) is 7.51. The number of para-hydroxylation sites is 2. The molecule has 0 radical (unpaired) electrons. The predicted octanol–water partition coefficient (Wildman–Crippen LogP) is 0.869. The first-order valence-corrected chi connectivity index (χ1v) is 7.89. The molecular weight excluding hydrogens is 342 g/mol. The third-order valence-electron chi connectivity index (χ3n) is 3.42. The summed E-state index contributed by atoms with van der Waals surface area (Å²) in [6.07, 6.45) is 0. The molecule has 0 unspecified atom stereocenters. The lowest BCUT2D eigenvalue weighted by molar-refractivity contribution is -0.114. The van der Waals surface area contributed by atoms with Crippen LogP contribution >= 0.6 is 11.6 Å². The summed E-state index contributed by atoms with van der Waals surface area (Å²) in [6.45, 7) is 6.42. The Hall–Kier alpha value is -3.00. The summed E-state index contributed by atoms with van der Waals surface area (Å²) in [5, 5.41) is 2.48. The first kappa shape index (κ1) is 18.3. The van der Waals surface area contributed by atoms with Gasteiger partial charge in [-0.15, -0.1) is 0 Å². The Balaban J connectivity index is 2.24. The Morgan fingerprint density at radius 2 is 2.04 bits per heavy atom. The Kier molecular flexibility index (Phi) is 5.66. The van der Waals surface area contributed by atoms with Gasteiger partial charge in [-0.2, -0.15) is 0 Å². The second kappa shape index (κ2) is 7.71. The summed E-state index contributed by atoms with van der Waals surface area (Å²) in [5.74, 6) is -0.0680. The quantitative estimate of drug-likeness (QED) is 0.446. The highest BCUT2D eigenvalue weighted by atomic mass is 35.5. The molecule has 0 aliphatic rings.